The number of aryl methyl sites for hydroxylation is 2. The molecule has 0 aliphatic carbocycles. The highest BCUT2D eigenvalue weighted by Gasteiger charge is 2.35. The number of amides is 1. The summed E-state index contributed by atoms with van der Waals surface area (Å²) >= 11 is 5.81. The Labute approximate surface area is 271 Å². The molecule has 0 atom stereocenters. The zero-order chi connectivity index (χ0) is 28.9. The summed E-state index contributed by atoms with van der Waals surface area (Å²) in [7, 11) is 0. The van der Waals surface area contributed by atoms with Crippen molar-refractivity contribution in [1.29, 1.82) is 0 Å². The number of benzene rings is 4. The summed E-state index contributed by atoms with van der Waals surface area (Å²) in [5.74, 6) is 0.286. The second-order valence-corrected chi connectivity index (χ2v) is 12.7. The molecule has 0 N–H and O–H groups in total. The lowest BCUT2D eigenvalue weighted by Crippen LogP contribution is -2.28. The van der Waals surface area contributed by atoms with Crippen LogP contribution in [0.2, 0.25) is 0 Å². The average molecular weight is 788 g/mol. The van der Waals surface area contributed by atoms with E-state index in [4.69, 9.17) is 9.73 Å². The molecule has 1 aliphatic rings. The third kappa shape index (κ3) is 7.03. The number of amidine groups is 1. The van der Waals surface area contributed by atoms with Gasteiger partial charge in [-0.05, 0) is 135 Å². The molecule has 41 heavy (non-hydrogen) atoms. The molecule has 0 unspecified atom stereocenters. The molecule has 0 aromatic heterocycles. The van der Waals surface area contributed by atoms with E-state index in [-0.39, 0.29) is 18.3 Å². The average Bonchev–Trinajstić information content (AvgIpc) is 3.27. The summed E-state index contributed by atoms with van der Waals surface area (Å²) in [6, 6.07) is 26.7. The van der Waals surface area contributed by atoms with Crippen molar-refractivity contribution in [3.05, 3.63) is 125 Å². The molecular formula is C33H27FI2N2O2S. The molecule has 4 nitrogen and oxygen atoms in total. The molecule has 4 aromatic rings. The Hall–Kier alpha value is -2.70. The molecule has 4 aromatic carbocycles. The molecule has 0 bridgehead atoms. The lowest BCUT2D eigenvalue weighted by molar-refractivity contribution is -0.113. The van der Waals surface area contributed by atoms with Crippen LogP contribution < -0.4 is 9.64 Å². The van der Waals surface area contributed by atoms with Crippen molar-refractivity contribution in [2.75, 3.05) is 4.90 Å². The van der Waals surface area contributed by atoms with Crippen molar-refractivity contribution in [2.24, 2.45) is 4.99 Å². The van der Waals surface area contributed by atoms with E-state index in [1.54, 1.807) is 23.1 Å². The minimum atomic E-state index is -0.289. The van der Waals surface area contributed by atoms with Gasteiger partial charge in [0, 0.05) is 5.56 Å². The molecule has 1 aliphatic heterocycles. The van der Waals surface area contributed by atoms with Crippen molar-refractivity contribution in [2.45, 2.75) is 33.3 Å². The minimum absolute atomic E-state index is 0.118. The summed E-state index contributed by atoms with van der Waals surface area (Å²) in [5, 5.41) is 0.615. The third-order valence-electron chi connectivity index (χ3n) is 6.63. The fourth-order valence-corrected chi connectivity index (χ4v) is 7.42. The SMILES string of the molecule is CCc1ccc(N=C2S/C(=C\c3cc(I)c(OCc4ccccc4F)c(I)c3)C(=O)N2c2ccc(CC)cc2)cc1. The summed E-state index contributed by atoms with van der Waals surface area (Å²) in [5.41, 5.74) is 5.41. The standard InChI is InChI=1S/C33H27FI2N2O2S/c1-3-21-9-13-25(14-10-21)37-33-38(26-15-11-22(4-2)12-16-26)32(39)30(41-33)19-23-17-28(35)31(29(36)18-23)40-20-24-7-5-6-8-27(24)34/h5-19H,3-4,20H2,1-2H3/b30-19-,37-33?. The van der Waals surface area contributed by atoms with Crippen molar-refractivity contribution in [1.82, 2.24) is 0 Å². The van der Waals surface area contributed by atoms with Crippen molar-refractivity contribution in [3.8, 4) is 5.75 Å². The molecule has 0 saturated carbocycles. The Morgan fingerprint density at radius 2 is 1.51 bits per heavy atom. The molecule has 1 fully saturated rings. The lowest BCUT2D eigenvalue weighted by atomic mass is 10.1. The Morgan fingerprint density at radius 1 is 0.902 bits per heavy atom. The highest BCUT2D eigenvalue weighted by molar-refractivity contribution is 14.1. The zero-order valence-corrected chi connectivity index (χ0v) is 27.7. The fourth-order valence-electron chi connectivity index (χ4n) is 4.29. The van der Waals surface area contributed by atoms with Gasteiger partial charge in [0.05, 0.1) is 23.4 Å². The number of anilines is 1. The van der Waals surface area contributed by atoms with Crippen LogP contribution in [0, 0.1) is 13.0 Å². The van der Waals surface area contributed by atoms with Crippen LogP contribution in [-0.4, -0.2) is 11.1 Å². The van der Waals surface area contributed by atoms with Gasteiger partial charge in [0.2, 0.25) is 0 Å². The van der Waals surface area contributed by atoms with E-state index < -0.39 is 0 Å². The number of carbonyl (C=O) groups excluding carboxylic acids is 1. The minimum Gasteiger partial charge on any atom is -0.487 e. The first-order valence-corrected chi connectivity index (χ1v) is 16.2. The first kappa shape index (κ1) is 29.8. The van der Waals surface area contributed by atoms with Gasteiger partial charge >= 0.3 is 0 Å². The molecule has 208 valence electrons. The molecule has 8 heteroatoms. The van der Waals surface area contributed by atoms with E-state index in [1.807, 2.05) is 54.6 Å². The molecular weight excluding hydrogens is 761 g/mol. The van der Waals surface area contributed by atoms with Crippen molar-refractivity contribution >= 4 is 85.5 Å². The van der Waals surface area contributed by atoms with Gasteiger partial charge in [0.25, 0.3) is 5.91 Å². The molecule has 5 rings (SSSR count). The predicted molar refractivity (Wildman–Crippen MR) is 184 cm³/mol. The molecule has 0 spiro atoms. The number of thioether (sulfide) groups is 1. The lowest BCUT2D eigenvalue weighted by Gasteiger charge is -2.16. The van der Waals surface area contributed by atoms with Gasteiger partial charge in [-0.25, -0.2) is 9.38 Å². The van der Waals surface area contributed by atoms with Crippen LogP contribution >= 0.6 is 56.9 Å². The van der Waals surface area contributed by atoms with Gasteiger partial charge in [-0.2, -0.15) is 0 Å². The maximum absolute atomic E-state index is 14.1. The summed E-state index contributed by atoms with van der Waals surface area (Å²) < 4.78 is 21.8. The maximum atomic E-state index is 14.1. The van der Waals surface area contributed by atoms with Crippen LogP contribution in [-0.2, 0) is 24.2 Å². The number of nitrogens with zero attached hydrogens (tertiary/aromatic N) is 2. The summed E-state index contributed by atoms with van der Waals surface area (Å²) in [4.78, 5) is 20.9. The van der Waals surface area contributed by atoms with E-state index in [2.05, 4.69) is 71.2 Å². The molecule has 1 saturated heterocycles. The van der Waals surface area contributed by atoms with Crippen LogP contribution in [0.15, 0.2) is 94.8 Å². The van der Waals surface area contributed by atoms with E-state index in [9.17, 15) is 9.18 Å². The van der Waals surface area contributed by atoms with E-state index in [1.165, 1.54) is 29.0 Å². The van der Waals surface area contributed by atoms with Crippen LogP contribution in [0.5, 0.6) is 5.75 Å². The van der Waals surface area contributed by atoms with Crippen molar-refractivity contribution in [3.63, 3.8) is 0 Å². The second kappa shape index (κ2) is 13.5. The zero-order valence-electron chi connectivity index (χ0n) is 22.5. The maximum Gasteiger partial charge on any atom is 0.271 e. The second-order valence-electron chi connectivity index (χ2n) is 9.38. The van der Waals surface area contributed by atoms with E-state index in [0.29, 0.717) is 21.4 Å². The Bertz CT molecular complexity index is 1610. The highest BCUT2D eigenvalue weighted by Crippen LogP contribution is 2.38. The van der Waals surface area contributed by atoms with Gasteiger partial charge in [-0.1, -0.05) is 56.3 Å². The normalized spacial score (nSPS) is 15.2. The van der Waals surface area contributed by atoms with Crippen LogP contribution in [0.4, 0.5) is 15.8 Å². The number of hydrogen-bond acceptors (Lipinski definition) is 4. The topological polar surface area (TPSA) is 41.9 Å². The summed E-state index contributed by atoms with van der Waals surface area (Å²) in [6.45, 7) is 4.37. The predicted octanol–water partition coefficient (Wildman–Crippen LogP) is 9.55. The van der Waals surface area contributed by atoms with Gasteiger partial charge in [-0.3, -0.25) is 9.69 Å². The largest absolute Gasteiger partial charge is 0.487 e. The van der Waals surface area contributed by atoms with Gasteiger partial charge in [-0.15, -0.1) is 0 Å². The van der Waals surface area contributed by atoms with Crippen LogP contribution in [0.1, 0.15) is 36.1 Å². The quantitative estimate of drug-likeness (QED) is 0.132. The number of carbonyl (C=O) groups is 1. The van der Waals surface area contributed by atoms with E-state index in [0.717, 1.165) is 36.9 Å². The van der Waals surface area contributed by atoms with Gasteiger partial charge in [0.1, 0.15) is 18.2 Å². The number of halogens is 3. The third-order valence-corrected chi connectivity index (χ3v) is 9.20. The number of ether oxygens (including phenoxy) is 1. The van der Waals surface area contributed by atoms with Crippen molar-refractivity contribution < 1.29 is 13.9 Å². The molecule has 1 amide bonds. The van der Waals surface area contributed by atoms with Gasteiger partial charge < -0.3 is 4.74 Å². The first-order chi connectivity index (χ1) is 19.9. The number of hydrogen-bond donors (Lipinski definition) is 0. The molecule has 0 radical (unpaired) electrons. The smallest absolute Gasteiger partial charge is 0.271 e. The number of rotatable bonds is 8. The monoisotopic (exact) mass is 788 g/mol. The number of aliphatic imine (C=N–C) groups is 1. The Kier molecular flexibility index (Phi) is 9.82. The highest BCUT2D eigenvalue weighted by atomic mass is 127. The Morgan fingerprint density at radius 3 is 2.12 bits per heavy atom. The van der Waals surface area contributed by atoms with Crippen LogP contribution in [0.3, 0.4) is 0 Å². The summed E-state index contributed by atoms with van der Waals surface area (Å²) in [6.07, 6.45) is 3.78. The Balaban J connectivity index is 1.45. The molecule has 1 heterocycles. The fraction of sp³-hybridized carbons (Fsp3) is 0.152. The van der Waals surface area contributed by atoms with E-state index >= 15 is 0 Å². The first-order valence-electron chi connectivity index (χ1n) is 13.2. The van der Waals surface area contributed by atoms with Gasteiger partial charge in [0.15, 0.2) is 5.17 Å². The van der Waals surface area contributed by atoms with Crippen LogP contribution in [0.25, 0.3) is 6.08 Å².